The molecule has 0 aromatic heterocycles. The van der Waals surface area contributed by atoms with Crippen LogP contribution in [0.15, 0.2) is 24.3 Å². The number of amides is 1. The highest BCUT2D eigenvalue weighted by Crippen LogP contribution is 2.12. The van der Waals surface area contributed by atoms with Gasteiger partial charge in [0.25, 0.3) is 6.43 Å². The molecule has 0 atom stereocenters. The predicted octanol–water partition coefficient (Wildman–Crippen LogP) is 2.24. The van der Waals surface area contributed by atoms with Crippen LogP contribution in [0.4, 0.5) is 8.78 Å². The second-order valence-corrected chi connectivity index (χ2v) is 4.72. The Morgan fingerprint density at radius 2 is 2.00 bits per heavy atom. The van der Waals surface area contributed by atoms with Crippen molar-refractivity contribution in [1.29, 1.82) is 0 Å². The van der Waals surface area contributed by atoms with E-state index in [-0.39, 0.29) is 19.6 Å². The van der Waals surface area contributed by atoms with Gasteiger partial charge in [0.2, 0.25) is 5.91 Å². The quantitative estimate of drug-likeness (QED) is 0.712. The summed E-state index contributed by atoms with van der Waals surface area (Å²) in [4.78, 5) is 12.7. The molecule has 118 valence electrons. The van der Waals surface area contributed by atoms with Crippen LogP contribution >= 0.6 is 0 Å². The monoisotopic (exact) mass is 301 g/mol. The van der Waals surface area contributed by atoms with Crippen molar-refractivity contribution in [3.63, 3.8) is 0 Å². The number of halogens is 2. The number of carbonyl (C=O) groups excluding carboxylic acids is 1. The van der Waals surface area contributed by atoms with Crippen LogP contribution < -0.4 is 4.74 Å². The first kappa shape index (κ1) is 17.4. The number of aliphatic hydroxyl groups is 1. The standard InChI is InChI=1S/C15H21F2NO3/c1-12-4-6-13(7-5-12)21-10-2-3-15(20)18(8-9-19)11-14(16)17/h4-7,14,19H,2-3,8-11H2,1H3. The number of rotatable bonds is 9. The van der Waals surface area contributed by atoms with Crippen molar-refractivity contribution in [3.8, 4) is 5.75 Å². The molecule has 0 aliphatic heterocycles. The first-order valence-electron chi connectivity index (χ1n) is 6.89. The highest BCUT2D eigenvalue weighted by Gasteiger charge is 2.17. The number of aryl methyl sites for hydroxylation is 1. The van der Waals surface area contributed by atoms with Crippen LogP contribution in [0.2, 0.25) is 0 Å². The molecule has 0 heterocycles. The van der Waals surface area contributed by atoms with Gasteiger partial charge in [-0.15, -0.1) is 0 Å². The molecule has 6 heteroatoms. The molecule has 21 heavy (non-hydrogen) atoms. The molecule has 0 saturated carbocycles. The van der Waals surface area contributed by atoms with Gasteiger partial charge in [-0.3, -0.25) is 4.79 Å². The zero-order valence-corrected chi connectivity index (χ0v) is 12.1. The van der Waals surface area contributed by atoms with Crippen LogP contribution in [0.25, 0.3) is 0 Å². The molecule has 0 bridgehead atoms. The molecule has 0 aliphatic carbocycles. The van der Waals surface area contributed by atoms with Crippen LogP contribution in [-0.4, -0.2) is 48.6 Å². The second kappa shape index (κ2) is 9.28. The van der Waals surface area contributed by atoms with Gasteiger partial charge in [-0.05, 0) is 25.5 Å². The minimum Gasteiger partial charge on any atom is -0.494 e. The Kier molecular flexibility index (Phi) is 7.68. The van der Waals surface area contributed by atoms with Crippen molar-refractivity contribution in [2.24, 2.45) is 0 Å². The Morgan fingerprint density at radius 3 is 2.57 bits per heavy atom. The first-order chi connectivity index (χ1) is 10.0. The maximum Gasteiger partial charge on any atom is 0.255 e. The second-order valence-electron chi connectivity index (χ2n) is 4.72. The number of nitrogens with zero attached hydrogens (tertiary/aromatic N) is 1. The van der Waals surface area contributed by atoms with E-state index in [0.717, 1.165) is 10.5 Å². The summed E-state index contributed by atoms with van der Waals surface area (Å²) in [6.45, 7) is 1.29. The van der Waals surface area contributed by atoms with E-state index in [4.69, 9.17) is 9.84 Å². The summed E-state index contributed by atoms with van der Waals surface area (Å²) in [5.41, 5.74) is 1.13. The Bertz CT molecular complexity index is 423. The van der Waals surface area contributed by atoms with E-state index < -0.39 is 18.9 Å². The minimum absolute atomic E-state index is 0.0675. The van der Waals surface area contributed by atoms with E-state index in [2.05, 4.69) is 0 Å². The number of hydrogen-bond donors (Lipinski definition) is 1. The minimum atomic E-state index is -2.59. The fraction of sp³-hybridized carbons (Fsp3) is 0.533. The van der Waals surface area contributed by atoms with Gasteiger partial charge in [-0.2, -0.15) is 0 Å². The third-order valence-corrected chi connectivity index (χ3v) is 2.91. The van der Waals surface area contributed by atoms with Gasteiger partial charge >= 0.3 is 0 Å². The predicted molar refractivity (Wildman–Crippen MR) is 75.6 cm³/mol. The van der Waals surface area contributed by atoms with E-state index in [0.29, 0.717) is 18.8 Å². The molecule has 0 aliphatic rings. The van der Waals surface area contributed by atoms with Crippen LogP contribution in [0.1, 0.15) is 18.4 Å². The Hall–Kier alpha value is -1.69. The van der Waals surface area contributed by atoms with Crippen molar-refractivity contribution in [2.75, 3.05) is 26.3 Å². The molecule has 0 saturated heterocycles. The molecule has 0 fully saturated rings. The normalized spacial score (nSPS) is 10.7. The SMILES string of the molecule is Cc1ccc(OCCCC(=O)N(CCO)CC(F)F)cc1. The number of hydrogen-bond acceptors (Lipinski definition) is 3. The van der Waals surface area contributed by atoms with Gasteiger partial charge in [-0.1, -0.05) is 17.7 Å². The molecule has 0 unspecified atom stereocenters. The summed E-state index contributed by atoms with van der Waals surface area (Å²) >= 11 is 0. The van der Waals surface area contributed by atoms with Crippen molar-refractivity contribution < 1.29 is 23.4 Å². The van der Waals surface area contributed by atoms with Gasteiger partial charge < -0.3 is 14.7 Å². The van der Waals surface area contributed by atoms with E-state index in [1.807, 2.05) is 31.2 Å². The zero-order valence-electron chi connectivity index (χ0n) is 12.1. The lowest BCUT2D eigenvalue weighted by molar-refractivity contribution is -0.133. The van der Waals surface area contributed by atoms with Crippen LogP contribution in [-0.2, 0) is 4.79 Å². The molecule has 1 aromatic rings. The van der Waals surface area contributed by atoms with E-state index >= 15 is 0 Å². The molecular formula is C15H21F2NO3. The van der Waals surface area contributed by atoms with Crippen molar-refractivity contribution in [3.05, 3.63) is 29.8 Å². The van der Waals surface area contributed by atoms with Crippen molar-refractivity contribution >= 4 is 5.91 Å². The topological polar surface area (TPSA) is 49.8 Å². The molecule has 0 radical (unpaired) electrons. The van der Waals surface area contributed by atoms with E-state index in [1.165, 1.54) is 0 Å². The molecule has 1 N–H and O–H groups in total. The first-order valence-corrected chi connectivity index (χ1v) is 6.89. The number of benzene rings is 1. The molecular weight excluding hydrogens is 280 g/mol. The summed E-state index contributed by atoms with van der Waals surface area (Å²) in [7, 11) is 0. The average Bonchev–Trinajstić information content (AvgIpc) is 2.44. The van der Waals surface area contributed by atoms with Gasteiger partial charge in [0, 0.05) is 13.0 Å². The fourth-order valence-corrected chi connectivity index (χ4v) is 1.81. The lowest BCUT2D eigenvalue weighted by Gasteiger charge is -2.21. The maximum atomic E-state index is 12.3. The number of aliphatic hydroxyl groups excluding tert-OH is 1. The number of carbonyl (C=O) groups is 1. The Morgan fingerprint density at radius 1 is 1.33 bits per heavy atom. The fourth-order valence-electron chi connectivity index (χ4n) is 1.81. The van der Waals surface area contributed by atoms with Gasteiger partial charge in [0.05, 0.1) is 19.8 Å². The van der Waals surface area contributed by atoms with Crippen LogP contribution in [0.5, 0.6) is 5.75 Å². The third kappa shape index (κ3) is 7.04. The van der Waals surface area contributed by atoms with Gasteiger partial charge in [-0.25, -0.2) is 8.78 Å². The lowest BCUT2D eigenvalue weighted by Crippen LogP contribution is -2.37. The van der Waals surface area contributed by atoms with Gasteiger partial charge in [0.15, 0.2) is 0 Å². The lowest BCUT2D eigenvalue weighted by atomic mass is 10.2. The summed E-state index contributed by atoms with van der Waals surface area (Å²) in [5.74, 6) is 0.324. The smallest absolute Gasteiger partial charge is 0.255 e. The summed E-state index contributed by atoms with van der Waals surface area (Å²) in [6, 6.07) is 7.52. The largest absolute Gasteiger partial charge is 0.494 e. The molecule has 1 rings (SSSR count). The number of ether oxygens (including phenoxy) is 1. The summed E-state index contributed by atoms with van der Waals surface area (Å²) in [5, 5.41) is 8.78. The van der Waals surface area contributed by atoms with Crippen LogP contribution in [0, 0.1) is 6.92 Å². The number of alkyl halides is 2. The van der Waals surface area contributed by atoms with Gasteiger partial charge in [0.1, 0.15) is 5.75 Å². The third-order valence-electron chi connectivity index (χ3n) is 2.91. The maximum absolute atomic E-state index is 12.3. The molecule has 1 amide bonds. The summed E-state index contributed by atoms with van der Waals surface area (Å²) < 4.78 is 30.1. The molecule has 4 nitrogen and oxygen atoms in total. The van der Waals surface area contributed by atoms with Crippen molar-refractivity contribution in [1.82, 2.24) is 4.90 Å². The highest BCUT2D eigenvalue weighted by molar-refractivity contribution is 5.76. The van der Waals surface area contributed by atoms with Crippen molar-refractivity contribution in [2.45, 2.75) is 26.2 Å². The average molecular weight is 301 g/mol. The Labute approximate surface area is 123 Å². The van der Waals surface area contributed by atoms with E-state index in [1.54, 1.807) is 0 Å². The Balaban J connectivity index is 2.29. The zero-order chi connectivity index (χ0) is 15.7. The highest BCUT2D eigenvalue weighted by atomic mass is 19.3. The molecule has 0 spiro atoms. The molecule has 1 aromatic carbocycles. The van der Waals surface area contributed by atoms with E-state index in [9.17, 15) is 13.6 Å². The van der Waals surface area contributed by atoms with Crippen LogP contribution in [0.3, 0.4) is 0 Å². The summed E-state index contributed by atoms with van der Waals surface area (Å²) in [6.07, 6.45) is -2.03.